The molecule has 3 rings (SSSR count). The van der Waals surface area contributed by atoms with Crippen LogP contribution < -0.4 is 0 Å². The van der Waals surface area contributed by atoms with Crippen LogP contribution >= 0.6 is 0 Å². The van der Waals surface area contributed by atoms with Gasteiger partial charge in [-0.3, -0.25) is 0 Å². The predicted octanol–water partition coefficient (Wildman–Crippen LogP) is -0.825. The fraction of sp³-hybridized carbons (Fsp3) is 0.762. The Balaban J connectivity index is 1.80. The highest BCUT2D eigenvalue weighted by molar-refractivity contribution is 5.88. The fourth-order valence-corrected chi connectivity index (χ4v) is 4.08. The van der Waals surface area contributed by atoms with Crippen molar-refractivity contribution >= 4 is 5.97 Å². The van der Waals surface area contributed by atoms with Crippen LogP contribution in [0.5, 0.6) is 0 Å². The lowest BCUT2D eigenvalue weighted by atomic mass is 9.81. The zero-order chi connectivity index (χ0) is 23.6. The molecule has 0 saturated carbocycles. The Bertz CT molecular complexity index is 685. The zero-order valence-electron chi connectivity index (χ0n) is 18.3. The summed E-state index contributed by atoms with van der Waals surface area (Å²) in [5.74, 6) is -1.72. The van der Waals surface area contributed by atoms with Crippen molar-refractivity contribution in [3.8, 4) is 0 Å². The van der Waals surface area contributed by atoms with E-state index in [1.807, 2.05) is 13.8 Å². The Morgan fingerprint density at radius 3 is 2.31 bits per heavy atom. The average Bonchev–Trinajstić information content (AvgIpc) is 3.10. The first kappa shape index (κ1) is 25.1. The van der Waals surface area contributed by atoms with Gasteiger partial charge in [0.25, 0.3) is 0 Å². The first-order valence-electron chi connectivity index (χ1n) is 10.5. The second-order valence-electron chi connectivity index (χ2n) is 8.17. The molecule has 182 valence electrons. The molecule has 3 aliphatic rings. The second kappa shape index (κ2) is 10.6. The molecule has 11 heteroatoms. The van der Waals surface area contributed by atoms with E-state index in [1.165, 1.54) is 19.4 Å². The van der Waals surface area contributed by atoms with Crippen LogP contribution in [0.2, 0.25) is 0 Å². The molecule has 3 aliphatic heterocycles. The van der Waals surface area contributed by atoms with Crippen molar-refractivity contribution in [2.24, 2.45) is 11.8 Å². The maximum absolute atomic E-state index is 12.4. The highest BCUT2D eigenvalue weighted by Crippen LogP contribution is 2.39. The summed E-state index contributed by atoms with van der Waals surface area (Å²) >= 11 is 0. The van der Waals surface area contributed by atoms with Gasteiger partial charge >= 0.3 is 5.97 Å². The number of rotatable bonds is 7. The summed E-state index contributed by atoms with van der Waals surface area (Å²) in [5.41, 5.74) is 0.241. The highest BCUT2D eigenvalue weighted by atomic mass is 16.8. The normalized spacial score (nSPS) is 44.5. The molecule has 11 nitrogen and oxygen atoms in total. The van der Waals surface area contributed by atoms with Gasteiger partial charge < -0.3 is 48.8 Å². The summed E-state index contributed by atoms with van der Waals surface area (Å²) in [5, 5.41) is 39.7. The molecule has 10 atom stereocenters. The van der Waals surface area contributed by atoms with Gasteiger partial charge in [0.1, 0.15) is 24.4 Å². The fourth-order valence-electron chi connectivity index (χ4n) is 4.08. The standard InChI is InChI=1S/C21H32O11/c1-5-11-12(6-15-29-9(2)10(3)30-15)13(19(26)27-4)8-28-20(11)32-21-18(25)17(24)16(23)14(7-22)31-21/h5,8-12,14-18,20-25H,1,6-7H2,2-4H3. The minimum Gasteiger partial charge on any atom is -0.471 e. The lowest BCUT2D eigenvalue weighted by Crippen LogP contribution is -2.60. The molecule has 2 fully saturated rings. The van der Waals surface area contributed by atoms with Gasteiger partial charge in [0.05, 0.1) is 37.8 Å². The smallest absolute Gasteiger partial charge is 0.337 e. The van der Waals surface area contributed by atoms with Crippen molar-refractivity contribution in [2.45, 2.75) is 75.8 Å². The molecule has 3 heterocycles. The number of methoxy groups -OCH3 is 1. The Hall–Kier alpha value is -1.57. The van der Waals surface area contributed by atoms with Crippen molar-refractivity contribution in [2.75, 3.05) is 13.7 Å². The summed E-state index contributed by atoms with van der Waals surface area (Å²) in [7, 11) is 1.26. The average molecular weight is 460 g/mol. The Morgan fingerprint density at radius 2 is 1.75 bits per heavy atom. The van der Waals surface area contributed by atoms with Crippen LogP contribution in [0.3, 0.4) is 0 Å². The van der Waals surface area contributed by atoms with Crippen molar-refractivity contribution in [3.05, 3.63) is 24.5 Å². The number of esters is 1. The van der Waals surface area contributed by atoms with Gasteiger partial charge in [-0.2, -0.15) is 0 Å². The number of hydrogen-bond acceptors (Lipinski definition) is 11. The molecule has 0 spiro atoms. The molecule has 4 N–H and O–H groups in total. The van der Waals surface area contributed by atoms with E-state index in [2.05, 4.69) is 6.58 Å². The first-order chi connectivity index (χ1) is 15.2. The van der Waals surface area contributed by atoms with E-state index in [0.717, 1.165) is 0 Å². The van der Waals surface area contributed by atoms with Crippen LogP contribution in [-0.2, 0) is 33.2 Å². The maximum atomic E-state index is 12.4. The van der Waals surface area contributed by atoms with Crippen molar-refractivity contribution in [1.29, 1.82) is 0 Å². The lowest BCUT2D eigenvalue weighted by molar-refractivity contribution is -0.339. The van der Waals surface area contributed by atoms with E-state index in [-0.39, 0.29) is 24.2 Å². The van der Waals surface area contributed by atoms with Crippen LogP contribution in [0.4, 0.5) is 0 Å². The Labute approximate surface area is 186 Å². The molecule has 32 heavy (non-hydrogen) atoms. The Kier molecular flexibility index (Phi) is 8.28. The Morgan fingerprint density at radius 1 is 1.09 bits per heavy atom. The number of hydrogen-bond donors (Lipinski definition) is 4. The van der Waals surface area contributed by atoms with Gasteiger partial charge in [0, 0.05) is 18.3 Å². The number of ether oxygens (including phenoxy) is 6. The first-order valence-corrected chi connectivity index (χ1v) is 10.5. The SMILES string of the molecule is C=CC1C(OC2OC(CO)C(O)C(O)C2O)OC=C(C(=O)OC)C1CC1OC(C)C(C)O1. The van der Waals surface area contributed by atoms with Crippen LogP contribution in [0.15, 0.2) is 24.5 Å². The van der Waals surface area contributed by atoms with Gasteiger partial charge in [-0.25, -0.2) is 4.79 Å². The van der Waals surface area contributed by atoms with Gasteiger partial charge in [0.2, 0.25) is 6.29 Å². The molecule has 10 unspecified atom stereocenters. The molecule has 0 amide bonds. The van der Waals surface area contributed by atoms with E-state index in [4.69, 9.17) is 28.4 Å². The summed E-state index contributed by atoms with van der Waals surface area (Å²) in [6.07, 6.45) is -6.11. The van der Waals surface area contributed by atoms with Gasteiger partial charge in [-0.15, -0.1) is 6.58 Å². The van der Waals surface area contributed by atoms with Crippen LogP contribution in [0.1, 0.15) is 20.3 Å². The molecular formula is C21H32O11. The monoisotopic (exact) mass is 460 g/mol. The van der Waals surface area contributed by atoms with E-state index in [1.54, 1.807) is 0 Å². The van der Waals surface area contributed by atoms with E-state index >= 15 is 0 Å². The van der Waals surface area contributed by atoms with Crippen LogP contribution in [0, 0.1) is 11.8 Å². The van der Waals surface area contributed by atoms with Gasteiger partial charge in [-0.1, -0.05) is 6.08 Å². The molecule has 0 bridgehead atoms. The molecule has 0 aromatic heterocycles. The topological polar surface area (TPSA) is 153 Å². The third kappa shape index (κ3) is 5.00. The van der Waals surface area contributed by atoms with E-state index in [0.29, 0.717) is 0 Å². The minimum atomic E-state index is -1.60. The lowest BCUT2D eigenvalue weighted by Gasteiger charge is -2.43. The van der Waals surface area contributed by atoms with Crippen molar-refractivity contribution < 1.29 is 53.6 Å². The van der Waals surface area contributed by atoms with Gasteiger partial charge in [-0.05, 0) is 13.8 Å². The van der Waals surface area contributed by atoms with Crippen LogP contribution in [0.25, 0.3) is 0 Å². The molecule has 2 saturated heterocycles. The third-order valence-electron chi connectivity index (χ3n) is 6.16. The third-order valence-corrected chi connectivity index (χ3v) is 6.16. The summed E-state index contributed by atoms with van der Waals surface area (Å²) < 4.78 is 33.3. The molecule has 0 aliphatic carbocycles. The highest BCUT2D eigenvalue weighted by Gasteiger charge is 2.48. The maximum Gasteiger partial charge on any atom is 0.337 e. The quantitative estimate of drug-likeness (QED) is 0.278. The summed E-state index contributed by atoms with van der Waals surface area (Å²) in [6.45, 7) is 7.01. The molecule has 0 aromatic rings. The number of aliphatic hydroxyl groups excluding tert-OH is 4. The summed E-state index contributed by atoms with van der Waals surface area (Å²) in [4.78, 5) is 12.4. The molecular weight excluding hydrogens is 428 g/mol. The molecule has 0 radical (unpaired) electrons. The molecule has 0 aromatic carbocycles. The number of aliphatic hydroxyl groups is 4. The largest absolute Gasteiger partial charge is 0.471 e. The second-order valence-corrected chi connectivity index (χ2v) is 8.17. The van der Waals surface area contributed by atoms with Crippen molar-refractivity contribution in [1.82, 2.24) is 0 Å². The van der Waals surface area contributed by atoms with Crippen LogP contribution in [-0.4, -0.2) is 95.6 Å². The predicted molar refractivity (Wildman–Crippen MR) is 107 cm³/mol. The van der Waals surface area contributed by atoms with E-state index in [9.17, 15) is 25.2 Å². The van der Waals surface area contributed by atoms with E-state index < -0.39 is 67.7 Å². The van der Waals surface area contributed by atoms with Gasteiger partial charge in [0.15, 0.2) is 12.6 Å². The van der Waals surface area contributed by atoms with Crippen molar-refractivity contribution in [3.63, 3.8) is 0 Å². The summed E-state index contributed by atoms with van der Waals surface area (Å²) in [6, 6.07) is 0. The zero-order valence-corrected chi connectivity index (χ0v) is 18.3. The minimum absolute atomic E-state index is 0.117. The number of carbonyl (C=O) groups excluding carboxylic acids is 1. The number of carbonyl (C=O) groups is 1.